The first-order chi connectivity index (χ1) is 10.8. The molecule has 0 bridgehead atoms. The van der Waals surface area contributed by atoms with Gasteiger partial charge in [-0.3, -0.25) is 0 Å². The van der Waals surface area contributed by atoms with Crippen molar-refractivity contribution in [3.63, 3.8) is 0 Å². The number of pyridine rings is 1. The first-order valence-electron chi connectivity index (χ1n) is 6.86. The minimum Gasteiger partial charge on any atom is -0.487 e. The zero-order valence-corrected chi connectivity index (χ0v) is 13.4. The molecule has 0 aliphatic carbocycles. The highest BCUT2D eigenvalue weighted by Gasteiger charge is 2.05. The van der Waals surface area contributed by atoms with Crippen LogP contribution in [0.4, 0.5) is 0 Å². The van der Waals surface area contributed by atoms with Crippen LogP contribution in [0.15, 0.2) is 77.5 Å². The lowest BCUT2D eigenvalue weighted by molar-refractivity contribution is 0.299. The van der Waals surface area contributed by atoms with Crippen LogP contribution in [0.3, 0.4) is 0 Å². The minimum absolute atomic E-state index is 0.423. The van der Waals surface area contributed by atoms with E-state index in [1.165, 1.54) is 0 Å². The van der Waals surface area contributed by atoms with E-state index in [0.29, 0.717) is 6.61 Å². The average Bonchev–Trinajstić information content (AvgIpc) is 2.56. The van der Waals surface area contributed by atoms with Gasteiger partial charge in [0, 0.05) is 5.56 Å². The van der Waals surface area contributed by atoms with Crippen molar-refractivity contribution in [1.29, 1.82) is 0 Å². The van der Waals surface area contributed by atoms with Crippen LogP contribution in [0.25, 0.3) is 0 Å². The quantitative estimate of drug-likeness (QED) is 0.588. The molecule has 3 nitrogen and oxygen atoms in total. The largest absolute Gasteiger partial charge is 0.487 e. The second-order valence-corrected chi connectivity index (χ2v) is 5.44. The fourth-order valence-corrected chi connectivity index (χ4v) is 2.18. The van der Waals surface area contributed by atoms with Crippen LogP contribution in [0.2, 0.25) is 0 Å². The number of para-hydroxylation sites is 2. The standard InChI is InChI=1S/C18H14BrNO2/c19-18-11-10-16(12-20-18)21-13-14-6-4-5-9-17(14)22-15-7-2-1-3-8-15/h1-12H,13H2. The third kappa shape index (κ3) is 3.86. The lowest BCUT2D eigenvalue weighted by Crippen LogP contribution is -1.98. The lowest BCUT2D eigenvalue weighted by atomic mass is 10.2. The molecule has 0 atom stereocenters. The van der Waals surface area contributed by atoms with Crippen molar-refractivity contribution in [2.75, 3.05) is 0 Å². The van der Waals surface area contributed by atoms with E-state index in [0.717, 1.165) is 27.4 Å². The third-order valence-electron chi connectivity index (χ3n) is 3.04. The molecule has 0 saturated carbocycles. The van der Waals surface area contributed by atoms with Crippen LogP contribution < -0.4 is 9.47 Å². The first kappa shape index (κ1) is 14.6. The van der Waals surface area contributed by atoms with Gasteiger partial charge in [0.15, 0.2) is 0 Å². The maximum Gasteiger partial charge on any atom is 0.138 e. The molecule has 22 heavy (non-hydrogen) atoms. The number of halogens is 1. The van der Waals surface area contributed by atoms with E-state index in [1.807, 2.05) is 66.7 Å². The highest BCUT2D eigenvalue weighted by molar-refractivity contribution is 9.10. The third-order valence-corrected chi connectivity index (χ3v) is 3.51. The van der Waals surface area contributed by atoms with Crippen LogP contribution in [0.5, 0.6) is 17.2 Å². The summed E-state index contributed by atoms with van der Waals surface area (Å²) >= 11 is 3.30. The van der Waals surface area contributed by atoms with Gasteiger partial charge in [0.05, 0.1) is 6.20 Å². The Kier molecular flexibility index (Phi) is 4.71. The second-order valence-electron chi connectivity index (χ2n) is 4.63. The van der Waals surface area contributed by atoms with Crippen molar-refractivity contribution in [3.05, 3.63) is 83.1 Å². The van der Waals surface area contributed by atoms with E-state index in [9.17, 15) is 0 Å². The predicted molar refractivity (Wildman–Crippen MR) is 89.2 cm³/mol. The number of hydrogen-bond acceptors (Lipinski definition) is 3. The van der Waals surface area contributed by atoms with Crippen LogP contribution in [0, 0.1) is 0 Å². The minimum atomic E-state index is 0.423. The zero-order chi connectivity index (χ0) is 15.2. The molecule has 1 heterocycles. The highest BCUT2D eigenvalue weighted by atomic mass is 79.9. The van der Waals surface area contributed by atoms with Crippen molar-refractivity contribution in [3.8, 4) is 17.2 Å². The van der Waals surface area contributed by atoms with E-state index in [4.69, 9.17) is 9.47 Å². The summed E-state index contributed by atoms with van der Waals surface area (Å²) in [5.74, 6) is 2.32. The number of ether oxygens (including phenoxy) is 2. The Morgan fingerprint density at radius 3 is 2.36 bits per heavy atom. The average molecular weight is 356 g/mol. The van der Waals surface area contributed by atoms with Gasteiger partial charge in [-0.25, -0.2) is 4.98 Å². The second kappa shape index (κ2) is 7.09. The van der Waals surface area contributed by atoms with Gasteiger partial charge in [0.25, 0.3) is 0 Å². The molecule has 4 heteroatoms. The van der Waals surface area contributed by atoms with Gasteiger partial charge in [-0.05, 0) is 46.3 Å². The summed E-state index contributed by atoms with van der Waals surface area (Å²) < 4.78 is 12.5. The predicted octanol–water partition coefficient (Wildman–Crippen LogP) is 5.22. The number of rotatable bonds is 5. The van der Waals surface area contributed by atoms with Crippen LogP contribution in [-0.4, -0.2) is 4.98 Å². The topological polar surface area (TPSA) is 31.4 Å². The maximum absolute atomic E-state index is 5.91. The molecule has 1 aromatic heterocycles. The fraction of sp³-hybridized carbons (Fsp3) is 0.0556. The molecular formula is C18H14BrNO2. The molecular weight excluding hydrogens is 342 g/mol. The zero-order valence-electron chi connectivity index (χ0n) is 11.8. The van der Waals surface area contributed by atoms with E-state index in [2.05, 4.69) is 20.9 Å². The molecule has 3 aromatic rings. The van der Waals surface area contributed by atoms with Crippen LogP contribution in [0.1, 0.15) is 5.56 Å². The Hall–Kier alpha value is -2.33. The molecule has 0 unspecified atom stereocenters. The van der Waals surface area contributed by atoms with Crippen molar-refractivity contribution < 1.29 is 9.47 Å². The Morgan fingerprint density at radius 2 is 1.59 bits per heavy atom. The monoisotopic (exact) mass is 355 g/mol. The molecule has 0 fully saturated rings. The Labute approximate surface area is 137 Å². The summed E-state index contributed by atoms with van der Waals surface area (Å²) in [4.78, 5) is 4.14. The van der Waals surface area contributed by atoms with Gasteiger partial charge in [0.1, 0.15) is 28.5 Å². The highest BCUT2D eigenvalue weighted by Crippen LogP contribution is 2.26. The molecule has 2 aromatic carbocycles. The number of nitrogens with zero attached hydrogens (tertiary/aromatic N) is 1. The molecule has 0 saturated heterocycles. The summed E-state index contributed by atoms with van der Waals surface area (Å²) in [5.41, 5.74) is 0.981. The molecule has 3 rings (SSSR count). The van der Waals surface area contributed by atoms with Crippen molar-refractivity contribution in [2.24, 2.45) is 0 Å². The molecule has 0 aliphatic rings. The van der Waals surface area contributed by atoms with Crippen LogP contribution >= 0.6 is 15.9 Å². The molecule has 0 aliphatic heterocycles. The molecule has 0 amide bonds. The van der Waals surface area contributed by atoms with Crippen molar-refractivity contribution in [1.82, 2.24) is 4.98 Å². The van der Waals surface area contributed by atoms with Gasteiger partial charge in [-0.2, -0.15) is 0 Å². The molecule has 0 spiro atoms. The Morgan fingerprint density at radius 1 is 0.818 bits per heavy atom. The number of hydrogen-bond donors (Lipinski definition) is 0. The van der Waals surface area contributed by atoms with Crippen LogP contribution in [-0.2, 0) is 6.61 Å². The molecule has 0 N–H and O–H groups in total. The van der Waals surface area contributed by atoms with E-state index in [-0.39, 0.29) is 0 Å². The van der Waals surface area contributed by atoms with Crippen molar-refractivity contribution >= 4 is 15.9 Å². The summed E-state index contributed by atoms with van der Waals surface area (Å²) in [6, 6.07) is 21.3. The SMILES string of the molecule is Brc1ccc(OCc2ccccc2Oc2ccccc2)cn1. The normalized spacial score (nSPS) is 10.2. The first-order valence-corrected chi connectivity index (χ1v) is 7.66. The smallest absolute Gasteiger partial charge is 0.138 e. The van der Waals surface area contributed by atoms with E-state index < -0.39 is 0 Å². The van der Waals surface area contributed by atoms with Gasteiger partial charge in [-0.1, -0.05) is 36.4 Å². The number of aromatic nitrogens is 1. The van der Waals surface area contributed by atoms with E-state index in [1.54, 1.807) is 6.20 Å². The van der Waals surface area contributed by atoms with Gasteiger partial charge in [-0.15, -0.1) is 0 Å². The molecule has 110 valence electrons. The summed E-state index contributed by atoms with van der Waals surface area (Å²) in [7, 11) is 0. The van der Waals surface area contributed by atoms with E-state index >= 15 is 0 Å². The summed E-state index contributed by atoms with van der Waals surface area (Å²) in [5, 5.41) is 0. The lowest BCUT2D eigenvalue weighted by Gasteiger charge is -2.12. The number of benzene rings is 2. The fourth-order valence-electron chi connectivity index (χ4n) is 1.95. The summed E-state index contributed by atoms with van der Waals surface area (Å²) in [6.07, 6.45) is 1.69. The van der Waals surface area contributed by atoms with Gasteiger partial charge < -0.3 is 9.47 Å². The molecule has 0 radical (unpaired) electrons. The Bertz CT molecular complexity index is 730. The van der Waals surface area contributed by atoms with Crippen molar-refractivity contribution in [2.45, 2.75) is 6.61 Å². The maximum atomic E-state index is 5.91. The van der Waals surface area contributed by atoms with Gasteiger partial charge in [0.2, 0.25) is 0 Å². The van der Waals surface area contributed by atoms with Gasteiger partial charge >= 0.3 is 0 Å². The Balaban J connectivity index is 1.72. The summed E-state index contributed by atoms with van der Waals surface area (Å²) in [6.45, 7) is 0.423.